The first kappa shape index (κ1) is 16.2. The van der Waals surface area contributed by atoms with Crippen LogP contribution in [0.2, 0.25) is 0 Å². The van der Waals surface area contributed by atoms with Crippen LogP contribution >= 0.6 is 27.7 Å². The fourth-order valence-corrected chi connectivity index (χ4v) is 3.97. The van der Waals surface area contributed by atoms with Gasteiger partial charge in [0.15, 0.2) is 0 Å². The number of nitrogens with one attached hydrogen (secondary N) is 1. The maximum absolute atomic E-state index is 3.75. The summed E-state index contributed by atoms with van der Waals surface area (Å²) in [5.74, 6) is 3.24. The molecule has 1 aromatic rings. The Bertz CT molecular complexity index is 415. The quantitative estimate of drug-likeness (QED) is 0.853. The van der Waals surface area contributed by atoms with Gasteiger partial charge in [-0.15, -0.1) is 0 Å². The molecule has 1 aliphatic heterocycles. The average Bonchev–Trinajstić information content (AvgIpc) is 2.67. The van der Waals surface area contributed by atoms with Crippen LogP contribution in [0.25, 0.3) is 0 Å². The van der Waals surface area contributed by atoms with E-state index in [2.05, 4.69) is 70.0 Å². The molecule has 0 radical (unpaired) electrons. The number of thioether (sulfide) groups is 1. The summed E-state index contributed by atoms with van der Waals surface area (Å²) in [5.41, 5.74) is 2.70. The molecule has 0 unspecified atom stereocenters. The highest BCUT2D eigenvalue weighted by Crippen LogP contribution is 2.29. The Morgan fingerprint density at radius 1 is 1.30 bits per heavy atom. The number of hydrogen-bond donors (Lipinski definition) is 1. The molecule has 0 amide bonds. The van der Waals surface area contributed by atoms with Gasteiger partial charge < -0.3 is 10.2 Å². The summed E-state index contributed by atoms with van der Waals surface area (Å²) >= 11 is 5.82. The fraction of sp³-hybridized carbons (Fsp3) is 0.625. The van der Waals surface area contributed by atoms with Gasteiger partial charge in [0.1, 0.15) is 0 Å². The summed E-state index contributed by atoms with van der Waals surface area (Å²) in [7, 11) is 0. The molecule has 1 aromatic carbocycles. The lowest BCUT2D eigenvalue weighted by Crippen LogP contribution is -2.26. The Morgan fingerprint density at radius 3 is 2.90 bits per heavy atom. The third kappa shape index (κ3) is 4.97. The molecular weight excluding hydrogens is 332 g/mol. The first-order chi connectivity index (χ1) is 9.66. The van der Waals surface area contributed by atoms with E-state index >= 15 is 0 Å². The maximum Gasteiger partial charge on any atom is 0.0511 e. The van der Waals surface area contributed by atoms with E-state index in [0.717, 1.165) is 19.6 Å². The van der Waals surface area contributed by atoms with Crippen molar-refractivity contribution in [2.75, 3.05) is 36.0 Å². The molecule has 0 aliphatic carbocycles. The highest BCUT2D eigenvalue weighted by atomic mass is 79.9. The van der Waals surface area contributed by atoms with Crippen LogP contribution in [0, 0.1) is 5.92 Å². The topological polar surface area (TPSA) is 15.3 Å². The molecule has 0 saturated carbocycles. The predicted octanol–water partition coefficient (Wildman–Crippen LogP) is 4.14. The third-order valence-electron chi connectivity index (χ3n) is 3.46. The minimum absolute atomic E-state index is 0.701. The van der Waals surface area contributed by atoms with Crippen LogP contribution in [0.1, 0.15) is 25.8 Å². The lowest BCUT2D eigenvalue weighted by Gasteiger charge is -2.24. The monoisotopic (exact) mass is 356 g/mol. The Kier molecular flexibility index (Phi) is 6.72. The standard InChI is InChI=1S/C16H25BrN2S/c1-13(2)11-18-12-14-4-5-16(15(17)10-14)19-6-3-8-20-9-7-19/h4-5,10,13,18H,3,6-9,11-12H2,1-2H3. The van der Waals surface area contributed by atoms with Crippen LogP contribution in [0.5, 0.6) is 0 Å². The van der Waals surface area contributed by atoms with Crippen LogP contribution in [0.4, 0.5) is 5.69 Å². The van der Waals surface area contributed by atoms with E-state index in [1.807, 2.05) is 0 Å². The molecule has 1 saturated heterocycles. The van der Waals surface area contributed by atoms with Gasteiger partial charge in [-0.1, -0.05) is 19.9 Å². The largest absolute Gasteiger partial charge is 0.370 e. The van der Waals surface area contributed by atoms with Gasteiger partial charge in [-0.05, 0) is 58.3 Å². The van der Waals surface area contributed by atoms with Gasteiger partial charge in [-0.3, -0.25) is 0 Å². The van der Waals surface area contributed by atoms with Crippen molar-refractivity contribution in [1.82, 2.24) is 5.32 Å². The van der Waals surface area contributed by atoms with Crippen molar-refractivity contribution in [3.63, 3.8) is 0 Å². The summed E-state index contributed by atoms with van der Waals surface area (Å²) in [6, 6.07) is 6.79. The zero-order valence-electron chi connectivity index (χ0n) is 12.5. The Balaban J connectivity index is 1.97. The van der Waals surface area contributed by atoms with E-state index in [9.17, 15) is 0 Å². The zero-order chi connectivity index (χ0) is 14.4. The van der Waals surface area contributed by atoms with E-state index in [4.69, 9.17) is 0 Å². The lowest BCUT2D eigenvalue weighted by molar-refractivity contribution is 0.552. The highest BCUT2D eigenvalue weighted by Gasteiger charge is 2.13. The van der Waals surface area contributed by atoms with Gasteiger partial charge in [0.25, 0.3) is 0 Å². The SMILES string of the molecule is CC(C)CNCc1ccc(N2CCCSCC2)c(Br)c1. The molecular formula is C16H25BrN2S. The number of rotatable bonds is 5. The minimum atomic E-state index is 0.701. The van der Waals surface area contributed by atoms with Gasteiger partial charge in [-0.2, -0.15) is 11.8 Å². The number of anilines is 1. The van der Waals surface area contributed by atoms with Crippen LogP contribution in [0.15, 0.2) is 22.7 Å². The Hall–Kier alpha value is -0.190. The van der Waals surface area contributed by atoms with Crippen molar-refractivity contribution < 1.29 is 0 Å². The van der Waals surface area contributed by atoms with Gasteiger partial charge in [-0.25, -0.2) is 0 Å². The lowest BCUT2D eigenvalue weighted by atomic mass is 10.1. The summed E-state index contributed by atoms with van der Waals surface area (Å²) in [4.78, 5) is 2.51. The first-order valence-corrected chi connectivity index (χ1v) is 9.43. The molecule has 0 aromatic heterocycles. The number of halogens is 1. The number of hydrogen-bond acceptors (Lipinski definition) is 3. The third-order valence-corrected chi connectivity index (χ3v) is 5.14. The molecule has 0 atom stereocenters. The van der Waals surface area contributed by atoms with Crippen molar-refractivity contribution >= 4 is 33.4 Å². The molecule has 1 N–H and O–H groups in total. The van der Waals surface area contributed by atoms with E-state index in [1.165, 1.54) is 40.2 Å². The second kappa shape index (κ2) is 8.30. The second-order valence-corrected chi connectivity index (χ2v) is 7.84. The Morgan fingerprint density at radius 2 is 2.15 bits per heavy atom. The molecule has 0 spiro atoms. The predicted molar refractivity (Wildman–Crippen MR) is 94.8 cm³/mol. The maximum atomic E-state index is 3.75. The normalized spacial score (nSPS) is 16.5. The summed E-state index contributed by atoms with van der Waals surface area (Å²) in [5, 5.41) is 3.50. The molecule has 2 rings (SSSR count). The summed E-state index contributed by atoms with van der Waals surface area (Å²) in [6.45, 7) is 8.84. The molecule has 0 bridgehead atoms. The zero-order valence-corrected chi connectivity index (χ0v) is 14.9. The van der Waals surface area contributed by atoms with Gasteiger partial charge in [0.05, 0.1) is 5.69 Å². The first-order valence-electron chi connectivity index (χ1n) is 7.48. The smallest absolute Gasteiger partial charge is 0.0511 e. The van der Waals surface area contributed by atoms with Crippen LogP contribution in [-0.2, 0) is 6.54 Å². The average molecular weight is 357 g/mol. The van der Waals surface area contributed by atoms with Gasteiger partial charge in [0.2, 0.25) is 0 Å². The summed E-state index contributed by atoms with van der Waals surface area (Å²) in [6.07, 6.45) is 1.29. The minimum Gasteiger partial charge on any atom is -0.370 e. The fourth-order valence-electron chi connectivity index (χ4n) is 2.41. The van der Waals surface area contributed by atoms with Crippen molar-refractivity contribution in [3.8, 4) is 0 Å². The van der Waals surface area contributed by atoms with E-state index in [1.54, 1.807) is 0 Å². The number of nitrogens with zero attached hydrogens (tertiary/aromatic N) is 1. The van der Waals surface area contributed by atoms with Crippen LogP contribution in [0.3, 0.4) is 0 Å². The molecule has 1 fully saturated rings. The molecule has 4 heteroatoms. The molecule has 1 heterocycles. The van der Waals surface area contributed by atoms with Gasteiger partial charge >= 0.3 is 0 Å². The highest BCUT2D eigenvalue weighted by molar-refractivity contribution is 9.10. The van der Waals surface area contributed by atoms with Gasteiger partial charge in [0, 0.05) is 29.9 Å². The second-order valence-electron chi connectivity index (χ2n) is 5.76. The summed E-state index contributed by atoms with van der Waals surface area (Å²) < 4.78 is 1.23. The van der Waals surface area contributed by atoms with Crippen LogP contribution < -0.4 is 10.2 Å². The van der Waals surface area contributed by atoms with E-state index in [0.29, 0.717) is 5.92 Å². The van der Waals surface area contributed by atoms with Crippen molar-refractivity contribution in [1.29, 1.82) is 0 Å². The van der Waals surface area contributed by atoms with Crippen LogP contribution in [-0.4, -0.2) is 31.1 Å². The van der Waals surface area contributed by atoms with Crippen molar-refractivity contribution in [3.05, 3.63) is 28.2 Å². The number of benzene rings is 1. The molecule has 20 heavy (non-hydrogen) atoms. The molecule has 2 nitrogen and oxygen atoms in total. The van der Waals surface area contributed by atoms with Crippen molar-refractivity contribution in [2.45, 2.75) is 26.8 Å². The Labute approximate surface area is 135 Å². The van der Waals surface area contributed by atoms with E-state index in [-0.39, 0.29) is 0 Å². The van der Waals surface area contributed by atoms with E-state index < -0.39 is 0 Å². The molecule has 1 aliphatic rings. The molecule has 112 valence electrons. The van der Waals surface area contributed by atoms with Crippen molar-refractivity contribution in [2.24, 2.45) is 5.92 Å².